The Balaban J connectivity index is 2.43. The van der Waals surface area contributed by atoms with Crippen molar-refractivity contribution in [3.63, 3.8) is 0 Å². The van der Waals surface area contributed by atoms with Crippen LogP contribution in [0.5, 0.6) is 0 Å². The maximum atomic E-state index is 11.0. The minimum absolute atomic E-state index is 0.00923. The zero-order valence-corrected chi connectivity index (χ0v) is 12.1. The van der Waals surface area contributed by atoms with Crippen LogP contribution in [0.1, 0.15) is 11.4 Å². The van der Waals surface area contributed by atoms with E-state index in [1.807, 2.05) is 41.1 Å². The number of aliphatic carboxylic acids is 1. The van der Waals surface area contributed by atoms with Gasteiger partial charge in [0.2, 0.25) is 5.78 Å². The lowest BCUT2D eigenvalue weighted by atomic mass is 10.2. The number of carboxylic acids is 1. The highest BCUT2D eigenvalue weighted by Crippen LogP contribution is 2.25. The van der Waals surface area contributed by atoms with E-state index in [0.29, 0.717) is 0 Å². The van der Waals surface area contributed by atoms with Gasteiger partial charge in [0.1, 0.15) is 0 Å². The van der Waals surface area contributed by atoms with Gasteiger partial charge in [-0.05, 0) is 25.1 Å². The van der Waals surface area contributed by atoms with E-state index in [1.54, 1.807) is 0 Å². The molecule has 1 N–H and O–H groups in total. The summed E-state index contributed by atoms with van der Waals surface area (Å²) in [5, 5.41) is 9.06. The molecule has 2 heterocycles. The summed E-state index contributed by atoms with van der Waals surface area (Å²) in [5.74, 6) is -0.0728. The van der Waals surface area contributed by atoms with Crippen LogP contribution in [0.25, 0.3) is 16.8 Å². The molecule has 0 bridgehead atoms. The number of carbonyl (C=O) groups is 1. The molecule has 19 heavy (non-hydrogen) atoms. The van der Waals surface area contributed by atoms with Crippen LogP contribution in [0.15, 0.2) is 22.7 Å². The van der Waals surface area contributed by atoms with E-state index >= 15 is 0 Å². The Bertz CT molecular complexity index is 816. The fourth-order valence-electron chi connectivity index (χ4n) is 2.39. The summed E-state index contributed by atoms with van der Waals surface area (Å²) in [5.41, 5.74) is 3.48. The first-order chi connectivity index (χ1) is 8.99. The van der Waals surface area contributed by atoms with Gasteiger partial charge in [0.05, 0.1) is 23.1 Å². The third-order valence-electron chi connectivity index (χ3n) is 3.41. The molecule has 0 fully saturated rings. The van der Waals surface area contributed by atoms with Crippen molar-refractivity contribution in [2.75, 3.05) is 0 Å². The molecule has 98 valence electrons. The van der Waals surface area contributed by atoms with Gasteiger partial charge in [-0.1, -0.05) is 15.9 Å². The molecule has 2 aromatic heterocycles. The number of aromatic nitrogens is 3. The maximum absolute atomic E-state index is 11.0. The third-order valence-corrected chi connectivity index (χ3v) is 3.90. The van der Waals surface area contributed by atoms with Gasteiger partial charge in [-0.3, -0.25) is 9.20 Å². The topological polar surface area (TPSA) is 59.5 Å². The minimum Gasteiger partial charge on any atom is -0.481 e. The first kappa shape index (κ1) is 12.2. The van der Waals surface area contributed by atoms with Gasteiger partial charge >= 0.3 is 5.97 Å². The van der Waals surface area contributed by atoms with Crippen molar-refractivity contribution in [1.82, 2.24) is 14.0 Å². The van der Waals surface area contributed by atoms with Crippen LogP contribution in [-0.4, -0.2) is 25.0 Å². The molecule has 0 aliphatic heterocycles. The lowest BCUT2D eigenvalue weighted by Gasteiger charge is -2.00. The van der Waals surface area contributed by atoms with E-state index in [9.17, 15) is 4.79 Å². The zero-order chi connectivity index (χ0) is 13.7. The second-order valence-electron chi connectivity index (χ2n) is 4.54. The van der Waals surface area contributed by atoms with E-state index in [2.05, 4.69) is 20.9 Å². The predicted octanol–water partition coefficient (Wildman–Crippen LogP) is 2.52. The average Bonchev–Trinajstić information content (AvgIpc) is 2.80. The van der Waals surface area contributed by atoms with Crippen molar-refractivity contribution in [3.8, 4) is 0 Å². The van der Waals surface area contributed by atoms with Gasteiger partial charge in [-0.15, -0.1) is 0 Å². The van der Waals surface area contributed by atoms with Gasteiger partial charge in [-0.2, -0.15) is 0 Å². The van der Waals surface area contributed by atoms with E-state index in [-0.39, 0.29) is 6.42 Å². The molecular weight excluding hydrogens is 310 g/mol. The number of hydrogen-bond acceptors (Lipinski definition) is 2. The lowest BCUT2D eigenvalue weighted by Crippen LogP contribution is -2.04. The summed E-state index contributed by atoms with van der Waals surface area (Å²) < 4.78 is 4.80. The van der Waals surface area contributed by atoms with Crippen molar-refractivity contribution in [2.45, 2.75) is 13.3 Å². The largest absolute Gasteiger partial charge is 0.481 e. The van der Waals surface area contributed by atoms with Crippen molar-refractivity contribution in [1.29, 1.82) is 0 Å². The Morgan fingerprint density at radius 2 is 2.21 bits per heavy atom. The summed E-state index contributed by atoms with van der Waals surface area (Å²) in [7, 11) is 1.90. The Labute approximate surface area is 117 Å². The van der Waals surface area contributed by atoms with Crippen LogP contribution in [0.4, 0.5) is 0 Å². The molecular formula is C13H12BrN3O2. The summed E-state index contributed by atoms with van der Waals surface area (Å²) in [4.78, 5) is 15.6. The molecule has 0 saturated carbocycles. The average molecular weight is 322 g/mol. The fraction of sp³-hybridized carbons (Fsp3) is 0.231. The number of fused-ring (bicyclic) bond motifs is 3. The van der Waals surface area contributed by atoms with Gasteiger partial charge in [0.25, 0.3) is 0 Å². The highest BCUT2D eigenvalue weighted by Gasteiger charge is 2.18. The maximum Gasteiger partial charge on any atom is 0.309 e. The number of carboxylic acid groups (broad SMARTS) is 1. The summed E-state index contributed by atoms with van der Waals surface area (Å²) in [6, 6.07) is 5.82. The van der Waals surface area contributed by atoms with E-state index < -0.39 is 5.97 Å². The third kappa shape index (κ3) is 1.74. The van der Waals surface area contributed by atoms with E-state index in [1.165, 1.54) is 0 Å². The second-order valence-corrected chi connectivity index (χ2v) is 5.46. The van der Waals surface area contributed by atoms with Crippen LogP contribution in [0, 0.1) is 6.92 Å². The normalized spacial score (nSPS) is 11.5. The van der Waals surface area contributed by atoms with Crippen LogP contribution < -0.4 is 0 Å². The number of rotatable bonds is 2. The molecule has 1 aromatic carbocycles. The Morgan fingerprint density at radius 3 is 2.89 bits per heavy atom. The van der Waals surface area contributed by atoms with Crippen LogP contribution >= 0.6 is 15.9 Å². The highest BCUT2D eigenvalue weighted by molar-refractivity contribution is 9.10. The molecule has 3 rings (SSSR count). The molecule has 5 nitrogen and oxygen atoms in total. The van der Waals surface area contributed by atoms with Crippen LogP contribution in [0.2, 0.25) is 0 Å². The zero-order valence-electron chi connectivity index (χ0n) is 10.5. The van der Waals surface area contributed by atoms with Gasteiger partial charge in [0, 0.05) is 17.2 Å². The Hall–Kier alpha value is -1.82. The quantitative estimate of drug-likeness (QED) is 0.789. The second kappa shape index (κ2) is 4.09. The van der Waals surface area contributed by atoms with Crippen LogP contribution in [0.3, 0.4) is 0 Å². The number of imidazole rings is 2. The van der Waals surface area contributed by atoms with Crippen molar-refractivity contribution in [2.24, 2.45) is 7.05 Å². The van der Waals surface area contributed by atoms with Crippen molar-refractivity contribution < 1.29 is 9.90 Å². The molecule has 0 radical (unpaired) electrons. The first-order valence-electron chi connectivity index (χ1n) is 5.82. The fourth-order valence-corrected chi connectivity index (χ4v) is 2.74. The SMILES string of the molecule is Cc1c(CC(=O)O)n2c3ccc(Br)cc3nc2n1C. The van der Waals surface area contributed by atoms with Crippen molar-refractivity contribution in [3.05, 3.63) is 34.1 Å². The molecule has 6 heteroatoms. The standard InChI is InChI=1S/C13H12BrN3O2/c1-7-11(6-12(18)19)17-10-4-3-8(14)5-9(10)15-13(17)16(7)2/h3-5H,6H2,1-2H3,(H,18,19). The molecule has 0 saturated heterocycles. The Morgan fingerprint density at radius 1 is 1.47 bits per heavy atom. The molecule has 0 atom stereocenters. The monoisotopic (exact) mass is 321 g/mol. The van der Waals surface area contributed by atoms with Crippen LogP contribution in [-0.2, 0) is 18.3 Å². The summed E-state index contributed by atoms with van der Waals surface area (Å²) in [6.07, 6.45) is -0.00923. The smallest absolute Gasteiger partial charge is 0.309 e. The number of hydrogen-bond donors (Lipinski definition) is 1. The minimum atomic E-state index is -0.838. The molecule has 0 amide bonds. The molecule has 3 aromatic rings. The van der Waals surface area contributed by atoms with E-state index in [0.717, 1.165) is 32.7 Å². The molecule has 0 spiro atoms. The lowest BCUT2D eigenvalue weighted by molar-refractivity contribution is -0.136. The first-order valence-corrected chi connectivity index (χ1v) is 6.62. The Kier molecular flexibility index (Phi) is 2.63. The molecule has 0 unspecified atom stereocenters. The number of halogens is 1. The number of benzene rings is 1. The van der Waals surface area contributed by atoms with Crippen molar-refractivity contribution >= 4 is 38.7 Å². The number of nitrogens with zero attached hydrogens (tertiary/aromatic N) is 3. The summed E-state index contributed by atoms with van der Waals surface area (Å²) >= 11 is 3.42. The molecule has 0 aliphatic carbocycles. The van der Waals surface area contributed by atoms with Gasteiger partial charge in [-0.25, -0.2) is 4.98 Å². The van der Waals surface area contributed by atoms with Gasteiger partial charge in [0.15, 0.2) is 0 Å². The highest BCUT2D eigenvalue weighted by atomic mass is 79.9. The van der Waals surface area contributed by atoms with E-state index in [4.69, 9.17) is 5.11 Å². The van der Waals surface area contributed by atoms with Gasteiger partial charge < -0.3 is 9.67 Å². The summed E-state index contributed by atoms with van der Waals surface area (Å²) in [6.45, 7) is 1.91. The number of aryl methyl sites for hydroxylation is 1. The molecule has 0 aliphatic rings. The predicted molar refractivity (Wildman–Crippen MR) is 75.4 cm³/mol.